The van der Waals surface area contributed by atoms with Gasteiger partial charge in [0.2, 0.25) is 0 Å². The van der Waals surface area contributed by atoms with Gasteiger partial charge in [-0.2, -0.15) is 22.0 Å². The largest absolute Gasteiger partial charge is 0.453 e. The van der Waals surface area contributed by atoms with Crippen LogP contribution in [0.15, 0.2) is 0 Å². The van der Waals surface area contributed by atoms with Gasteiger partial charge in [-0.15, -0.1) is 0 Å². The van der Waals surface area contributed by atoms with Gasteiger partial charge in [-0.1, -0.05) is 20.8 Å². The van der Waals surface area contributed by atoms with Crippen LogP contribution < -0.4 is 0 Å². The summed E-state index contributed by atoms with van der Waals surface area (Å²) >= 11 is 0. The lowest BCUT2D eigenvalue weighted by Gasteiger charge is -2.23. The minimum atomic E-state index is -5.66. The highest BCUT2D eigenvalue weighted by Gasteiger charge is 2.58. The summed E-state index contributed by atoms with van der Waals surface area (Å²) in [5.41, 5.74) is -1.19. The summed E-state index contributed by atoms with van der Waals surface area (Å²) in [6.07, 6.45) is -7.45. The molecule has 0 fully saturated rings. The predicted molar refractivity (Wildman–Crippen MR) is 40.1 cm³/mol. The molecule has 0 atom stereocenters. The summed E-state index contributed by atoms with van der Waals surface area (Å²) in [6.45, 7) is 3.88. The molecule has 0 bridgehead atoms. The van der Waals surface area contributed by atoms with Gasteiger partial charge in [-0.3, -0.25) is 4.79 Å². The second-order valence-corrected chi connectivity index (χ2v) is 4.05. The smallest absolute Gasteiger partial charge is 0.299 e. The average molecular weight is 218 g/mol. The summed E-state index contributed by atoms with van der Waals surface area (Å²) in [5.74, 6) is -6.04. The Labute approximate surface area is 78.3 Å². The lowest BCUT2D eigenvalue weighted by Crippen LogP contribution is -2.40. The molecular weight excluding hydrogens is 207 g/mol. The van der Waals surface area contributed by atoms with Crippen LogP contribution >= 0.6 is 0 Å². The molecule has 0 radical (unpaired) electrons. The number of ketones is 1. The number of halogens is 5. The predicted octanol–water partition coefficient (Wildman–Crippen LogP) is 3.19. The van der Waals surface area contributed by atoms with Gasteiger partial charge in [-0.25, -0.2) is 0 Å². The Kier molecular flexibility index (Phi) is 3.30. The van der Waals surface area contributed by atoms with Crippen LogP contribution in [0.5, 0.6) is 0 Å². The van der Waals surface area contributed by atoms with Crippen LogP contribution in [0.4, 0.5) is 22.0 Å². The van der Waals surface area contributed by atoms with E-state index in [1.807, 2.05) is 0 Å². The van der Waals surface area contributed by atoms with E-state index in [-0.39, 0.29) is 0 Å². The van der Waals surface area contributed by atoms with E-state index in [2.05, 4.69) is 0 Å². The zero-order valence-corrected chi connectivity index (χ0v) is 8.01. The first-order valence-corrected chi connectivity index (χ1v) is 3.86. The molecule has 84 valence electrons. The number of hydrogen-bond donors (Lipinski definition) is 0. The van der Waals surface area contributed by atoms with Crippen molar-refractivity contribution in [2.75, 3.05) is 0 Å². The topological polar surface area (TPSA) is 17.1 Å². The third-order valence-electron chi connectivity index (χ3n) is 1.63. The Morgan fingerprint density at radius 1 is 1.00 bits per heavy atom. The number of carbonyl (C=O) groups excluding carboxylic acids is 1. The van der Waals surface area contributed by atoms with Gasteiger partial charge in [0.15, 0.2) is 0 Å². The average Bonchev–Trinajstić information content (AvgIpc) is 1.80. The molecule has 0 aliphatic rings. The molecule has 14 heavy (non-hydrogen) atoms. The number of alkyl halides is 5. The minimum absolute atomic E-state index is 1.11. The van der Waals surface area contributed by atoms with Gasteiger partial charge >= 0.3 is 12.1 Å². The van der Waals surface area contributed by atoms with E-state index in [9.17, 15) is 26.7 Å². The van der Waals surface area contributed by atoms with Crippen LogP contribution in [0.3, 0.4) is 0 Å². The van der Waals surface area contributed by atoms with Crippen molar-refractivity contribution in [3.63, 3.8) is 0 Å². The first-order valence-electron chi connectivity index (χ1n) is 3.86. The summed E-state index contributed by atoms with van der Waals surface area (Å²) < 4.78 is 59.8. The number of rotatable bonds is 2. The molecule has 0 N–H and O–H groups in total. The Bertz CT molecular complexity index is 223. The van der Waals surface area contributed by atoms with Crippen LogP contribution in [-0.2, 0) is 4.79 Å². The fourth-order valence-electron chi connectivity index (χ4n) is 0.567. The summed E-state index contributed by atoms with van der Waals surface area (Å²) in [5, 5.41) is 0. The van der Waals surface area contributed by atoms with E-state index in [0.717, 1.165) is 0 Å². The molecule has 0 aliphatic heterocycles. The van der Waals surface area contributed by atoms with Gasteiger partial charge in [0.25, 0.3) is 0 Å². The van der Waals surface area contributed by atoms with Gasteiger partial charge in [0, 0.05) is 5.41 Å². The van der Waals surface area contributed by atoms with Crippen molar-refractivity contribution in [1.29, 1.82) is 0 Å². The fourth-order valence-corrected chi connectivity index (χ4v) is 0.567. The first-order chi connectivity index (χ1) is 5.88. The fraction of sp³-hybridized carbons (Fsp3) is 0.875. The molecular formula is C8H11F5O. The maximum Gasteiger partial charge on any atom is 0.453 e. The highest BCUT2D eigenvalue weighted by Crippen LogP contribution is 2.39. The van der Waals surface area contributed by atoms with Gasteiger partial charge in [0.1, 0.15) is 5.78 Å². The maximum absolute atomic E-state index is 12.4. The first kappa shape index (κ1) is 13.3. The Morgan fingerprint density at radius 2 is 1.36 bits per heavy atom. The highest BCUT2D eigenvalue weighted by atomic mass is 19.4. The number of hydrogen-bond acceptors (Lipinski definition) is 1. The molecule has 0 aliphatic carbocycles. The molecule has 1 nitrogen and oxygen atoms in total. The third kappa shape index (κ3) is 3.23. The summed E-state index contributed by atoms with van der Waals surface area (Å²) in [4.78, 5) is 10.9. The molecule has 0 aromatic carbocycles. The van der Waals surface area contributed by atoms with Crippen LogP contribution in [0.25, 0.3) is 0 Å². The normalized spacial score (nSPS) is 14.3. The molecule has 0 heterocycles. The van der Waals surface area contributed by atoms with Crippen molar-refractivity contribution in [2.24, 2.45) is 5.41 Å². The maximum atomic E-state index is 12.4. The van der Waals surface area contributed by atoms with Gasteiger partial charge < -0.3 is 0 Å². The molecule has 0 aromatic rings. The van der Waals surface area contributed by atoms with Crippen LogP contribution in [0.2, 0.25) is 0 Å². The molecule has 0 aromatic heterocycles. The zero-order valence-electron chi connectivity index (χ0n) is 8.01. The second kappa shape index (κ2) is 3.47. The monoisotopic (exact) mass is 218 g/mol. The van der Waals surface area contributed by atoms with Crippen LogP contribution in [0.1, 0.15) is 27.2 Å². The van der Waals surface area contributed by atoms with Crippen molar-refractivity contribution in [3.8, 4) is 0 Å². The molecule has 0 saturated carbocycles. The van der Waals surface area contributed by atoms with Crippen molar-refractivity contribution < 1.29 is 26.7 Å². The Hall–Kier alpha value is -0.680. The molecule has 0 spiro atoms. The lowest BCUT2D eigenvalue weighted by molar-refractivity contribution is -0.282. The summed E-state index contributed by atoms with van der Waals surface area (Å²) in [6, 6.07) is 0. The SMILES string of the molecule is CC(C)(C)C(=O)CC(F)(F)C(F)(F)F. The molecule has 0 amide bonds. The van der Waals surface area contributed by atoms with E-state index in [4.69, 9.17) is 0 Å². The number of Topliss-reactive ketones (excluding diaryl/α,β-unsaturated/α-hetero) is 1. The third-order valence-corrected chi connectivity index (χ3v) is 1.63. The van der Waals surface area contributed by atoms with Crippen molar-refractivity contribution in [2.45, 2.75) is 39.3 Å². The van der Waals surface area contributed by atoms with Crippen molar-refractivity contribution in [1.82, 2.24) is 0 Å². The minimum Gasteiger partial charge on any atom is -0.299 e. The zero-order chi connectivity index (χ0) is 11.8. The lowest BCUT2D eigenvalue weighted by atomic mass is 9.87. The van der Waals surface area contributed by atoms with E-state index in [1.54, 1.807) is 0 Å². The second-order valence-electron chi connectivity index (χ2n) is 4.05. The van der Waals surface area contributed by atoms with E-state index in [0.29, 0.717) is 0 Å². The van der Waals surface area contributed by atoms with E-state index in [1.165, 1.54) is 20.8 Å². The standard InChI is InChI=1S/C8H11F5O/c1-6(2,3)5(14)4-7(9,10)8(11,12)13/h4H2,1-3H3. The summed E-state index contributed by atoms with van der Waals surface area (Å²) in [7, 11) is 0. The van der Waals surface area contributed by atoms with Crippen LogP contribution in [-0.4, -0.2) is 17.9 Å². The van der Waals surface area contributed by atoms with Gasteiger partial charge in [-0.05, 0) is 0 Å². The Morgan fingerprint density at radius 3 is 1.57 bits per heavy atom. The van der Waals surface area contributed by atoms with Crippen molar-refractivity contribution in [3.05, 3.63) is 0 Å². The molecule has 0 rings (SSSR count). The van der Waals surface area contributed by atoms with Crippen LogP contribution in [0, 0.1) is 5.41 Å². The molecule has 0 unspecified atom stereocenters. The quantitative estimate of drug-likeness (QED) is 0.650. The highest BCUT2D eigenvalue weighted by molar-refractivity contribution is 5.84. The van der Waals surface area contributed by atoms with Crippen molar-refractivity contribution >= 4 is 5.78 Å². The van der Waals surface area contributed by atoms with E-state index < -0.39 is 29.7 Å². The molecule has 0 saturated heterocycles. The van der Waals surface area contributed by atoms with Gasteiger partial charge in [0.05, 0.1) is 6.42 Å². The molecule has 6 heteroatoms. The van der Waals surface area contributed by atoms with E-state index >= 15 is 0 Å². The number of carbonyl (C=O) groups is 1. The Balaban J connectivity index is 4.62.